The van der Waals surface area contributed by atoms with Gasteiger partial charge < -0.3 is 4.98 Å². The van der Waals surface area contributed by atoms with Crippen LogP contribution < -0.4 is 5.56 Å². The number of hydrogen-bond donors (Lipinski definition) is 1. The zero-order valence-electron chi connectivity index (χ0n) is 12.0. The number of para-hydroxylation sites is 1. The summed E-state index contributed by atoms with van der Waals surface area (Å²) in [6.45, 7) is 3.31. The second-order valence-corrected chi connectivity index (χ2v) is 6.12. The van der Waals surface area contributed by atoms with E-state index in [1.54, 1.807) is 17.4 Å². The van der Waals surface area contributed by atoms with Gasteiger partial charge >= 0.3 is 0 Å². The Morgan fingerprint density at radius 1 is 1.24 bits per heavy atom. The first-order valence-corrected chi connectivity index (χ1v) is 7.57. The Bertz CT molecular complexity index is 824. The van der Waals surface area contributed by atoms with Crippen LogP contribution in [0.3, 0.4) is 0 Å². The molecule has 0 saturated carbocycles. The number of benzene rings is 1. The number of nitrogens with one attached hydrogen (secondary N) is 1. The van der Waals surface area contributed by atoms with E-state index in [4.69, 9.17) is 0 Å². The molecule has 3 rings (SSSR count). The highest BCUT2D eigenvalue weighted by Crippen LogP contribution is 2.11. The van der Waals surface area contributed by atoms with E-state index in [1.165, 1.54) is 0 Å². The van der Waals surface area contributed by atoms with Gasteiger partial charge in [0.15, 0.2) is 0 Å². The van der Waals surface area contributed by atoms with Gasteiger partial charge in [-0.3, -0.25) is 9.69 Å². The molecular formula is C15H16N4OS. The maximum Gasteiger partial charge on any atom is 0.258 e. The lowest BCUT2D eigenvalue weighted by Crippen LogP contribution is -2.22. The van der Waals surface area contributed by atoms with Gasteiger partial charge in [-0.15, -0.1) is 11.3 Å². The largest absolute Gasteiger partial charge is 0.309 e. The van der Waals surface area contributed by atoms with Crippen molar-refractivity contribution in [2.24, 2.45) is 0 Å². The maximum absolute atomic E-state index is 12.0. The smallest absolute Gasteiger partial charge is 0.258 e. The number of aryl methyl sites for hydroxylation is 1. The van der Waals surface area contributed by atoms with Crippen molar-refractivity contribution in [2.45, 2.75) is 20.0 Å². The van der Waals surface area contributed by atoms with Crippen LogP contribution in [-0.4, -0.2) is 26.9 Å². The number of hydrogen-bond acceptors (Lipinski definition) is 5. The SMILES string of the molecule is Cc1nc(CN(C)Cc2nc3ccccc3c(=O)[nH]2)cs1. The van der Waals surface area contributed by atoms with Crippen LogP contribution in [0, 0.1) is 6.92 Å². The van der Waals surface area contributed by atoms with Crippen molar-refractivity contribution in [1.82, 2.24) is 19.9 Å². The summed E-state index contributed by atoms with van der Waals surface area (Å²) in [6, 6.07) is 7.38. The molecule has 0 aliphatic rings. The highest BCUT2D eigenvalue weighted by atomic mass is 32.1. The summed E-state index contributed by atoms with van der Waals surface area (Å²) >= 11 is 1.65. The van der Waals surface area contributed by atoms with Gasteiger partial charge in [0.05, 0.1) is 28.1 Å². The van der Waals surface area contributed by atoms with Crippen LogP contribution in [0.15, 0.2) is 34.4 Å². The molecule has 0 radical (unpaired) electrons. The number of H-pyrrole nitrogens is 1. The van der Waals surface area contributed by atoms with Crippen molar-refractivity contribution in [3.63, 3.8) is 0 Å². The predicted octanol–water partition coefficient (Wildman–Crippen LogP) is 2.32. The van der Waals surface area contributed by atoms with Crippen molar-refractivity contribution in [3.05, 3.63) is 56.5 Å². The van der Waals surface area contributed by atoms with E-state index < -0.39 is 0 Å². The van der Waals surface area contributed by atoms with E-state index in [0.717, 1.165) is 22.8 Å². The molecule has 5 nitrogen and oxygen atoms in total. The normalized spacial score (nSPS) is 11.4. The second kappa shape index (κ2) is 5.75. The van der Waals surface area contributed by atoms with Crippen LogP contribution in [0.2, 0.25) is 0 Å². The van der Waals surface area contributed by atoms with E-state index in [1.807, 2.05) is 32.2 Å². The van der Waals surface area contributed by atoms with Gasteiger partial charge in [-0.05, 0) is 26.1 Å². The highest BCUT2D eigenvalue weighted by molar-refractivity contribution is 7.09. The average molecular weight is 300 g/mol. The van der Waals surface area contributed by atoms with Crippen LogP contribution in [0.1, 0.15) is 16.5 Å². The number of fused-ring (bicyclic) bond motifs is 1. The molecule has 2 aromatic heterocycles. The van der Waals surface area contributed by atoms with E-state index in [2.05, 4.69) is 25.2 Å². The first-order chi connectivity index (χ1) is 10.1. The summed E-state index contributed by atoms with van der Waals surface area (Å²) in [5.41, 5.74) is 1.69. The molecule has 0 aliphatic carbocycles. The zero-order chi connectivity index (χ0) is 14.8. The fourth-order valence-corrected chi connectivity index (χ4v) is 2.88. The van der Waals surface area contributed by atoms with Crippen LogP contribution in [-0.2, 0) is 13.1 Å². The molecule has 21 heavy (non-hydrogen) atoms. The number of aromatic nitrogens is 3. The summed E-state index contributed by atoms with van der Waals surface area (Å²) < 4.78 is 0. The Morgan fingerprint density at radius 2 is 2.05 bits per heavy atom. The minimum absolute atomic E-state index is 0.0893. The molecule has 0 amide bonds. The second-order valence-electron chi connectivity index (χ2n) is 5.06. The molecule has 2 heterocycles. The molecule has 6 heteroatoms. The molecule has 3 aromatic rings. The quantitative estimate of drug-likeness (QED) is 0.803. The van der Waals surface area contributed by atoms with Crippen molar-refractivity contribution < 1.29 is 0 Å². The van der Waals surface area contributed by atoms with E-state index in [-0.39, 0.29) is 5.56 Å². The molecule has 0 atom stereocenters. The molecule has 0 unspecified atom stereocenters. The zero-order valence-corrected chi connectivity index (χ0v) is 12.8. The predicted molar refractivity (Wildman–Crippen MR) is 84.4 cm³/mol. The Kier molecular flexibility index (Phi) is 3.81. The number of aromatic amines is 1. The number of rotatable bonds is 4. The van der Waals surface area contributed by atoms with E-state index in [9.17, 15) is 4.79 Å². The first kappa shape index (κ1) is 13.9. The minimum atomic E-state index is -0.0893. The third-order valence-electron chi connectivity index (χ3n) is 3.18. The summed E-state index contributed by atoms with van der Waals surface area (Å²) in [4.78, 5) is 25.9. The van der Waals surface area contributed by atoms with Gasteiger partial charge in [0.2, 0.25) is 0 Å². The monoisotopic (exact) mass is 300 g/mol. The molecule has 108 valence electrons. The average Bonchev–Trinajstić information content (AvgIpc) is 2.84. The third-order valence-corrected chi connectivity index (χ3v) is 4.00. The third kappa shape index (κ3) is 3.17. The van der Waals surface area contributed by atoms with Crippen molar-refractivity contribution in [1.29, 1.82) is 0 Å². The topological polar surface area (TPSA) is 61.9 Å². The van der Waals surface area contributed by atoms with Gasteiger partial charge in [-0.1, -0.05) is 12.1 Å². The molecule has 1 aromatic carbocycles. The molecule has 0 spiro atoms. The Labute approximate surface area is 126 Å². The van der Waals surface area contributed by atoms with Gasteiger partial charge in [-0.25, -0.2) is 9.97 Å². The lowest BCUT2D eigenvalue weighted by Gasteiger charge is -2.14. The first-order valence-electron chi connectivity index (χ1n) is 6.69. The highest BCUT2D eigenvalue weighted by Gasteiger charge is 2.08. The fraction of sp³-hybridized carbons (Fsp3) is 0.267. The molecular weight excluding hydrogens is 284 g/mol. The van der Waals surface area contributed by atoms with Crippen LogP contribution >= 0.6 is 11.3 Å². The van der Waals surface area contributed by atoms with Crippen LogP contribution in [0.4, 0.5) is 0 Å². The summed E-state index contributed by atoms with van der Waals surface area (Å²) in [5, 5.41) is 3.75. The lowest BCUT2D eigenvalue weighted by atomic mass is 10.2. The van der Waals surface area contributed by atoms with Gasteiger partial charge in [0.1, 0.15) is 5.82 Å². The summed E-state index contributed by atoms with van der Waals surface area (Å²) in [6.07, 6.45) is 0. The van der Waals surface area contributed by atoms with Crippen LogP contribution in [0.25, 0.3) is 10.9 Å². The van der Waals surface area contributed by atoms with Gasteiger partial charge in [-0.2, -0.15) is 0 Å². The minimum Gasteiger partial charge on any atom is -0.309 e. The van der Waals surface area contributed by atoms with Crippen molar-refractivity contribution in [3.8, 4) is 0 Å². The summed E-state index contributed by atoms with van der Waals surface area (Å²) in [7, 11) is 1.99. The molecule has 0 aliphatic heterocycles. The van der Waals surface area contributed by atoms with E-state index in [0.29, 0.717) is 17.8 Å². The molecule has 0 fully saturated rings. The van der Waals surface area contributed by atoms with E-state index >= 15 is 0 Å². The van der Waals surface area contributed by atoms with Crippen LogP contribution in [0.5, 0.6) is 0 Å². The van der Waals surface area contributed by atoms with Crippen molar-refractivity contribution >= 4 is 22.2 Å². The fourth-order valence-electron chi connectivity index (χ4n) is 2.28. The molecule has 0 saturated heterocycles. The Balaban J connectivity index is 1.79. The van der Waals surface area contributed by atoms with Crippen molar-refractivity contribution in [2.75, 3.05) is 7.05 Å². The lowest BCUT2D eigenvalue weighted by molar-refractivity contribution is 0.307. The molecule has 1 N–H and O–H groups in total. The Hall–Kier alpha value is -2.05. The van der Waals surface area contributed by atoms with Gasteiger partial charge in [0.25, 0.3) is 5.56 Å². The van der Waals surface area contributed by atoms with Gasteiger partial charge in [0, 0.05) is 11.9 Å². The molecule has 0 bridgehead atoms. The number of thiazole rings is 1. The standard InChI is InChI=1S/C15H16N4OS/c1-10-16-11(9-21-10)7-19(2)8-14-17-13-6-4-3-5-12(13)15(20)18-14/h3-6,9H,7-8H2,1-2H3,(H,17,18,20). The Morgan fingerprint density at radius 3 is 2.81 bits per heavy atom. The number of nitrogens with zero attached hydrogens (tertiary/aromatic N) is 3. The summed E-state index contributed by atoms with van der Waals surface area (Å²) in [5.74, 6) is 0.674. The maximum atomic E-state index is 12.0.